The van der Waals surface area contributed by atoms with Crippen LogP contribution in [0, 0.1) is 6.92 Å². The summed E-state index contributed by atoms with van der Waals surface area (Å²) in [6.45, 7) is 7.82. The van der Waals surface area contributed by atoms with Crippen LogP contribution in [0.15, 0.2) is 36.4 Å². The molecule has 0 aromatic heterocycles. The Kier molecular flexibility index (Phi) is 7.56. The summed E-state index contributed by atoms with van der Waals surface area (Å²) < 4.78 is 11.7. The quantitative estimate of drug-likeness (QED) is 0.704. The number of ether oxygens (including phenoxy) is 2. The highest BCUT2D eigenvalue weighted by atomic mass is 35.5. The number of benzene rings is 2. The Morgan fingerprint density at radius 3 is 2.64 bits per heavy atom. The lowest BCUT2D eigenvalue weighted by Crippen LogP contribution is -2.23. The van der Waals surface area contributed by atoms with Crippen LogP contribution in [0.5, 0.6) is 11.5 Å². The summed E-state index contributed by atoms with van der Waals surface area (Å²) in [5.41, 5.74) is 3.27. The number of aliphatic hydroxyl groups excluding tert-OH is 1. The normalized spacial score (nSPS) is 12.0. The smallest absolute Gasteiger partial charge is 0.180 e. The van der Waals surface area contributed by atoms with Crippen molar-refractivity contribution in [3.8, 4) is 11.5 Å². The van der Waals surface area contributed by atoms with Crippen molar-refractivity contribution in [1.82, 2.24) is 5.32 Å². The molecule has 25 heavy (non-hydrogen) atoms. The van der Waals surface area contributed by atoms with E-state index in [1.165, 1.54) is 5.56 Å². The summed E-state index contributed by atoms with van der Waals surface area (Å²) >= 11 is 6.44. The highest BCUT2D eigenvalue weighted by Gasteiger charge is 2.13. The van der Waals surface area contributed by atoms with E-state index >= 15 is 0 Å². The van der Waals surface area contributed by atoms with Crippen molar-refractivity contribution in [2.75, 3.05) is 13.2 Å². The third-order valence-corrected chi connectivity index (χ3v) is 4.05. The number of aliphatic hydroxyl groups is 1. The van der Waals surface area contributed by atoms with Crippen LogP contribution >= 0.6 is 11.6 Å². The van der Waals surface area contributed by atoms with Crippen molar-refractivity contribution in [2.45, 2.75) is 40.0 Å². The second-order valence-electron chi connectivity index (χ2n) is 6.03. The van der Waals surface area contributed by atoms with E-state index in [0.717, 1.165) is 11.1 Å². The van der Waals surface area contributed by atoms with E-state index < -0.39 is 6.10 Å². The van der Waals surface area contributed by atoms with Crippen LogP contribution in [0.1, 0.15) is 30.5 Å². The van der Waals surface area contributed by atoms with Crippen LogP contribution in [-0.4, -0.2) is 24.4 Å². The predicted molar refractivity (Wildman–Crippen MR) is 102 cm³/mol. The second-order valence-corrected chi connectivity index (χ2v) is 6.44. The van der Waals surface area contributed by atoms with Gasteiger partial charge in [0.2, 0.25) is 0 Å². The van der Waals surface area contributed by atoms with Gasteiger partial charge in [0.25, 0.3) is 0 Å². The fourth-order valence-electron chi connectivity index (χ4n) is 2.47. The molecule has 0 radical (unpaired) electrons. The lowest BCUT2D eigenvalue weighted by Gasteiger charge is -2.16. The predicted octanol–water partition coefficient (Wildman–Crippen LogP) is 4.10. The minimum absolute atomic E-state index is 0.390. The molecule has 0 amide bonds. The highest BCUT2D eigenvalue weighted by molar-refractivity contribution is 6.32. The molecule has 2 aromatic carbocycles. The molecule has 0 unspecified atom stereocenters. The van der Waals surface area contributed by atoms with Crippen LogP contribution in [0.25, 0.3) is 0 Å². The molecule has 0 saturated carbocycles. The van der Waals surface area contributed by atoms with Gasteiger partial charge in [0.05, 0.1) is 17.7 Å². The second kappa shape index (κ2) is 9.66. The van der Waals surface area contributed by atoms with Crippen molar-refractivity contribution in [3.05, 3.63) is 58.1 Å². The Morgan fingerprint density at radius 2 is 1.96 bits per heavy atom. The van der Waals surface area contributed by atoms with E-state index in [1.54, 1.807) is 6.92 Å². The third kappa shape index (κ3) is 5.92. The zero-order valence-electron chi connectivity index (χ0n) is 15.0. The summed E-state index contributed by atoms with van der Waals surface area (Å²) in [4.78, 5) is 0. The number of hydrogen-bond donors (Lipinski definition) is 2. The molecular formula is C20H26ClNO3. The summed E-state index contributed by atoms with van der Waals surface area (Å²) in [7, 11) is 0. The summed E-state index contributed by atoms with van der Waals surface area (Å²) in [5.74, 6) is 1.20. The molecule has 0 spiro atoms. The molecule has 2 aromatic rings. The van der Waals surface area contributed by atoms with Crippen molar-refractivity contribution < 1.29 is 14.6 Å². The molecule has 0 aliphatic rings. The van der Waals surface area contributed by atoms with Gasteiger partial charge in [0.15, 0.2) is 11.5 Å². The van der Waals surface area contributed by atoms with Gasteiger partial charge < -0.3 is 19.9 Å². The van der Waals surface area contributed by atoms with Gasteiger partial charge in [-0.1, -0.05) is 35.9 Å². The van der Waals surface area contributed by atoms with Crippen LogP contribution < -0.4 is 14.8 Å². The van der Waals surface area contributed by atoms with Crippen LogP contribution in [0.3, 0.4) is 0 Å². The zero-order chi connectivity index (χ0) is 18.2. The molecule has 0 bridgehead atoms. The fraction of sp³-hybridized carbons (Fsp3) is 0.400. The Hall–Kier alpha value is -1.75. The molecule has 5 heteroatoms. The average molecular weight is 364 g/mol. The first-order chi connectivity index (χ1) is 12.0. The minimum atomic E-state index is -0.390. The van der Waals surface area contributed by atoms with Gasteiger partial charge in [0.1, 0.15) is 6.61 Å². The highest BCUT2D eigenvalue weighted by Crippen LogP contribution is 2.37. The van der Waals surface area contributed by atoms with Crippen LogP contribution in [0.2, 0.25) is 5.02 Å². The Labute approximate surface area is 154 Å². The van der Waals surface area contributed by atoms with E-state index in [-0.39, 0.29) is 0 Å². The molecule has 2 rings (SSSR count). The standard InChI is InChI=1S/C20H26ClNO3/c1-4-24-19-10-16(12-22-11-15(3)23)9-18(21)20(19)25-13-17-8-6-5-7-14(17)2/h5-10,15,22-23H,4,11-13H2,1-3H3/t15-/m1/s1. The summed E-state index contributed by atoms with van der Waals surface area (Å²) in [6, 6.07) is 11.9. The molecule has 0 saturated heterocycles. The zero-order valence-corrected chi connectivity index (χ0v) is 15.8. The van der Waals surface area contributed by atoms with Crippen molar-refractivity contribution in [3.63, 3.8) is 0 Å². The largest absolute Gasteiger partial charge is 0.490 e. The van der Waals surface area contributed by atoms with E-state index in [4.69, 9.17) is 21.1 Å². The molecule has 0 aliphatic carbocycles. The topological polar surface area (TPSA) is 50.7 Å². The number of hydrogen-bond acceptors (Lipinski definition) is 4. The van der Waals surface area contributed by atoms with E-state index in [1.807, 2.05) is 37.3 Å². The number of nitrogens with one attached hydrogen (secondary N) is 1. The fourth-order valence-corrected chi connectivity index (χ4v) is 2.76. The maximum absolute atomic E-state index is 9.34. The van der Waals surface area contributed by atoms with Gasteiger partial charge in [-0.2, -0.15) is 0 Å². The molecule has 1 atom stereocenters. The van der Waals surface area contributed by atoms with Gasteiger partial charge in [0, 0.05) is 13.1 Å². The van der Waals surface area contributed by atoms with E-state index in [9.17, 15) is 5.11 Å². The first-order valence-electron chi connectivity index (χ1n) is 8.52. The Morgan fingerprint density at radius 1 is 1.20 bits per heavy atom. The van der Waals surface area contributed by atoms with E-state index in [2.05, 4.69) is 18.3 Å². The average Bonchev–Trinajstić information content (AvgIpc) is 2.55. The minimum Gasteiger partial charge on any atom is -0.490 e. The third-order valence-electron chi connectivity index (χ3n) is 3.77. The van der Waals surface area contributed by atoms with Gasteiger partial charge in [-0.25, -0.2) is 0 Å². The molecule has 136 valence electrons. The maximum Gasteiger partial charge on any atom is 0.180 e. The number of rotatable bonds is 9. The van der Waals surface area contributed by atoms with Crippen LogP contribution in [-0.2, 0) is 13.2 Å². The molecular weight excluding hydrogens is 338 g/mol. The maximum atomic E-state index is 9.34. The molecule has 0 fully saturated rings. The Bertz CT molecular complexity index is 689. The molecule has 2 N–H and O–H groups in total. The summed E-state index contributed by atoms with van der Waals surface area (Å²) in [6.07, 6.45) is -0.390. The molecule has 4 nitrogen and oxygen atoms in total. The lowest BCUT2D eigenvalue weighted by molar-refractivity contribution is 0.191. The number of halogens is 1. The van der Waals surface area contributed by atoms with Gasteiger partial charge in [-0.05, 0) is 49.6 Å². The summed E-state index contributed by atoms with van der Waals surface area (Å²) in [5, 5.41) is 13.0. The van der Waals surface area contributed by atoms with Gasteiger partial charge >= 0.3 is 0 Å². The van der Waals surface area contributed by atoms with Gasteiger partial charge in [-0.15, -0.1) is 0 Å². The van der Waals surface area contributed by atoms with Gasteiger partial charge in [-0.3, -0.25) is 0 Å². The molecule has 0 aliphatic heterocycles. The van der Waals surface area contributed by atoms with Crippen LogP contribution in [0.4, 0.5) is 0 Å². The van der Waals surface area contributed by atoms with E-state index in [0.29, 0.717) is 42.8 Å². The first kappa shape index (κ1) is 19.6. The first-order valence-corrected chi connectivity index (χ1v) is 8.90. The SMILES string of the molecule is CCOc1cc(CNC[C@@H](C)O)cc(Cl)c1OCc1ccccc1C. The van der Waals surface area contributed by atoms with Crippen molar-refractivity contribution >= 4 is 11.6 Å². The lowest BCUT2D eigenvalue weighted by atomic mass is 10.1. The Balaban J connectivity index is 2.14. The van der Waals surface area contributed by atoms with Crippen molar-refractivity contribution in [1.29, 1.82) is 0 Å². The monoisotopic (exact) mass is 363 g/mol. The van der Waals surface area contributed by atoms with Crippen molar-refractivity contribution in [2.24, 2.45) is 0 Å². The number of aryl methyl sites for hydroxylation is 1. The molecule has 0 heterocycles.